The molecule has 5 nitrogen and oxygen atoms in total. The van der Waals surface area contributed by atoms with E-state index in [1.54, 1.807) is 0 Å². The summed E-state index contributed by atoms with van der Waals surface area (Å²) in [5.41, 5.74) is 0.161. The van der Waals surface area contributed by atoms with Crippen LogP contribution in [-0.2, 0) is 4.74 Å². The minimum atomic E-state index is -4.41. The number of nitrogens with one attached hydrogen (secondary N) is 1. The predicted molar refractivity (Wildman–Crippen MR) is 122 cm³/mol. The number of hydrogen-bond donors (Lipinski definition) is 3. The van der Waals surface area contributed by atoms with Crippen LogP contribution in [0.3, 0.4) is 0 Å². The summed E-state index contributed by atoms with van der Waals surface area (Å²) in [5, 5.41) is 22.9. The van der Waals surface area contributed by atoms with E-state index in [9.17, 15) is 28.2 Å². The fourth-order valence-corrected chi connectivity index (χ4v) is 4.58. The molecule has 178 valence electrons. The first-order valence-electron chi connectivity index (χ1n) is 10.5. The van der Waals surface area contributed by atoms with Gasteiger partial charge in [0.1, 0.15) is 18.8 Å². The lowest BCUT2D eigenvalue weighted by Gasteiger charge is -2.19. The highest BCUT2D eigenvalue weighted by Crippen LogP contribution is 2.44. The number of thioether (sulfide) groups is 1. The molecule has 3 aromatic carbocycles. The summed E-state index contributed by atoms with van der Waals surface area (Å²) in [6, 6.07) is 20.9. The van der Waals surface area contributed by atoms with Gasteiger partial charge in [-0.1, -0.05) is 60.7 Å². The largest absolute Gasteiger partial charge is 0.449 e. The molecule has 0 bridgehead atoms. The third kappa shape index (κ3) is 5.55. The van der Waals surface area contributed by atoms with Crippen molar-refractivity contribution in [3.8, 4) is 11.1 Å². The molecule has 0 heterocycles. The van der Waals surface area contributed by atoms with Crippen LogP contribution in [0.15, 0.2) is 77.7 Å². The second-order valence-corrected chi connectivity index (χ2v) is 8.97. The molecule has 1 aliphatic rings. The smallest absolute Gasteiger partial charge is 0.446 e. The number of benzene rings is 3. The summed E-state index contributed by atoms with van der Waals surface area (Å²) in [6.07, 6.45) is -3.51. The van der Waals surface area contributed by atoms with Crippen LogP contribution in [0.1, 0.15) is 28.7 Å². The molecule has 2 atom stereocenters. The van der Waals surface area contributed by atoms with Gasteiger partial charge in [0.2, 0.25) is 0 Å². The Bertz CT molecular complexity index is 1110. The zero-order valence-corrected chi connectivity index (χ0v) is 18.6. The van der Waals surface area contributed by atoms with Crippen molar-refractivity contribution in [1.82, 2.24) is 5.32 Å². The van der Waals surface area contributed by atoms with Crippen molar-refractivity contribution in [2.24, 2.45) is 0 Å². The van der Waals surface area contributed by atoms with E-state index in [2.05, 4.69) is 5.32 Å². The Labute approximate surface area is 198 Å². The van der Waals surface area contributed by atoms with Gasteiger partial charge in [-0.2, -0.15) is 13.2 Å². The summed E-state index contributed by atoms with van der Waals surface area (Å²) < 4.78 is 42.7. The van der Waals surface area contributed by atoms with Crippen LogP contribution >= 0.6 is 11.8 Å². The van der Waals surface area contributed by atoms with Gasteiger partial charge >= 0.3 is 11.6 Å². The van der Waals surface area contributed by atoms with Crippen LogP contribution < -0.4 is 5.32 Å². The average Bonchev–Trinajstić information content (AvgIpc) is 3.14. The first-order chi connectivity index (χ1) is 16.2. The van der Waals surface area contributed by atoms with Crippen LogP contribution in [-0.4, -0.2) is 41.1 Å². The molecule has 0 fully saturated rings. The number of rotatable bonds is 7. The van der Waals surface area contributed by atoms with Gasteiger partial charge in [0.15, 0.2) is 0 Å². The molecule has 0 saturated carbocycles. The number of alkyl carbamates (subject to hydrolysis) is 1. The third-order valence-electron chi connectivity index (χ3n) is 5.62. The van der Waals surface area contributed by atoms with Gasteiger partial charge in [-0.25, -0.2) is 4.79 Å². The zero-order valence-electron chi connectivity index (χ0n) is 17.8. The van der Waals surface area contributed by atoms with E-state index in [-0.39, 0.29) is 41.3 Å². The fourth-order valence-electron chi connectivity index (χ4n) is 4.04. The van der Waals surface area contributed by atoms with Crippen LogP contribution in [0.4, 0.5) is 18.0 Å². The first-order valence-corrected chi connectivity index (χ1v) is 11.4. The molecule has 0 radical (unpaired) electrons. The quantitative estimate of drug-likeness (QED) is 0.396. The fraction of sp³-hybridized carbons (Fsp3) is 0.240. The van der Waals surface area contributed by atoms with Crippen molar-refractivity contribution in [1.29, 1.82) is 0 Å². The van der Waals surface area contributed by atoms with E-state index in [0.717, 1.165) is 22.3 Å². The number of carbonyl (C=O) groups is 1. The summed E-state index contributed by atoms with van der Waals surface area (Å²) >= 11 is -0.267. The molecule has 0 spiro atoms. The topological polar surface area (TPSA) is 78.8 Å². The Kier molecular flexibility index (Phi) is 7.16. The van der Waals surface area contributed by atoms with E-state index in [0.29, 0.717) is 0 Å². The molecule has 2 unspecified atom stereocenters. The third-order valence-corrected chi connectivity index (χ3v) is 6.36. The molecule has 3 N–H and O–H groups in total. The zero-order chi connectivity index (χ0) is 24.3. The van der Waals surface area contributed by atoms with Gasteiger partial charge < -0.3 is 20.3 Å². The molecule has 1 aliphatic carbocycles. The lowest BCUT2D eigenvalue weighted by atomic mass is 9.98. The first kappa shape index (κ1) is 24.1. The monoisotopic (exact) mass is 489 g/mol. The van der Waals surface area contributed by atoms with Crippen molar-refractivity contribution in [2.45, 2.75) is 28.5 Å². The number of hydrogen-bond acceptors (Lipinski definition) is 5. The van der Waals surface area contributed by atoms with Crippen LogP contribution in [0, 0.1) is 0 Å². The number of ether oxygens (including phenoxy) is 1. The number of fused-ring (bicyclic) bond motifs is 3. The van der Waals surface area contributed by atoms with Gasteiger partial charge in [0, 0.05) is 17.4 Å². The highest BCUT2D eigenvalue weighted by molar-refractivity contribution is 8.00. The van der Waals surface area contributed by atoms with E-state index < -0.39 is 23.8 Å². The lowest BCUT2D eigenvalue weighted by Crippen LogP contribution is -2.36. The Morgan fingerprint density at radius 2 is 1.50 bits per heavy atom. The minimum absolute atomic E-state index is 0.0327. The molecule has 9 heteroatoms. The van der Waals surface area contributed by atoms with Crippen molar-refractivity contribution in [3.05, 3.63) is 89.5 Å². The van der Waals surface area contributed by atoms with Crippen LogP contribution in [0.2, 0.25) is 0 Å². The standard InChI is InChI=1S/C25H22F3NO4S/c26-25(27,28)34-16-11-9-15(10-12-16)23(31)22(30)13-29-24(32)33-14-21-19-7-3-1-5-17(19)18-6-2-4-8-20(18)21/h1-12,21-23,30-31H,13-14H2,(H,29,32). The van der Waals surface area contributed by atoms with Gasteiger partial charge in [0.05, 0.1) is 0 Å². The molecule has 34 heavy (non-hydrogen) atoms. The summed E-state index contributed by atoms with van der Waals surface area (Å²) in [5.74, 6) is -0.109. The number of alkyl halides is 3. The maximum Gasteiger partial charge on any atom is 0.446 e. The maximum atomic E-state index is 12.4. The molecular formula is C25H22F3NO4S. The SMILES string of the molecule is O=C(NCC(O)C(O)c1ccc(SC(F)(F)F)cc1)OCC1c2ccccc2-c2ccccc21. The number of carbonyl (C=O) groups excluding carboxylic acids is 1. The van der Waals surface area contributed by atoms with E-state index in [1.807, 2.05) is 48.5 Å². The van der Waals surface area contributed by atoms with Gasteiger partial charge in [-0.3, -0.25) is 0 Å². The predicted octanol–water partition coefficient (Wildman–Crippen LogP) is 5.23. The number of aliphatic hydroxyl groups excluding tert-OH is 2. The van der Waals surface area contributed by atoms with Crippen molar-refractivity contribution < 1.29 is 32.9 Å². The van der Waals surface area contributed by atoms with Crippen LogP contribution in [0.5, 0.6) is 0 Å². The van der Waals surface area contributed by atoms with Crippen molar-refractivity contribution >= 4 is 17.9 Å². The average molecular weight is 490 g/mol. The van der Waals surface area contributed by atoms with Gasteiger partial charge in [-0.15, -0.1) is 0 Å². The Balaban J connectivity index is 1.30. The second kappa shape index (κ2) is 10.1. The molecule has 0 aliphatic heterocycles. The van der Waals surface area contributed by atoms with Crippen LogP contribution in [0.25, 0.3) is 11.1 Å². The Hall–Kier alpha value is -3.01. The molecule has 0 aromatic heterocycles. The lowest BCUT2D eigenvalue weighted by molar-refractivity contribution is -0.0328. The molecule has 0 saturated heterocycles. The Morgan fingerprint density at radius 3 is 2.06 bits per heavy atom. The highest BCUT2D eigenvalue weighted by Gasteiger charge is 2.30. The van der Waals surface area contributed by atoms with E-state index in [4.69, 9.17) is 4.74 Å². The Morgan fingerprint density at radius 1 is 0.941 bits per heavy atom. The number of amides is 1. The molecule has 1 amide bonds. The van der Waals surface area contributed by atoms with Crippen molar-refractivity contribution in [3.63, 3.8) is 0 Å². The number of halogens is 3. The normalized spacial score (nSPS) is 14.7. The maximum absolute atomic E-state index is 12.4. The molecule has 3 aromatic rings. The van der Waals surface area contributed by atoms with Gasteiger partial charge in [-0.05, 0) is 51.7 Å². The number of aliphatic hydroxyl groups is 2. The molecular weight excluding hydrogens is 467 g/mol. The minimum Gasteiger partial charge on any atom is -0.449 e. The summed E-state index contributed by atoms with van der Waals surface area (Å²) in [7, 11) is 0. The van der Waals surface area contributed by atoms with Gasteiger partial charge in [0.25, 0.3) is 0 Å². The highest BCUT2D eigenvalue weighted by atomic mass is 32.2. The summed E-state index contributed by atoms with van der Waals surface area (Å²) in [4.78, 5) is 12.2. The van der Waals surface area contributed by atoms with E-state index >= 15 is 0 Å². The summed E-state index contributed by atoms with van der Waals surface area (Å²) in [6.45, 7) is -0.187. The van der Waals surface area contributed by atoms with Crippen molar-refractivity contribution in [2.75, 3.05) is 13.2 Å². The second-order valence-electron chi connectivity index (χ2n) is 7.84. The van der Waals surface area contributed by atoms with E-state index in [1.165, 1.54) is 24.3 Å². The molecule has 4 rings (SSSR count).